The number of methoxy groups -OCH3 is 1. The monoisotopic (exact) mass is 510 g/mol. The molecule has 0 aliphatic carbocycles. The molecule has 1 nitrogen and oxygen atoms in total. The van der Waals surface area contributed by atoms with Gasteiger partial charge in [-0.1, -0.05) is 0 Å². The predicted molar refractivity (Wildman–Crippen MR) is 136 cm³/mol. The maximum absolute atomic E-state index is 5.39. The summed E-state index contributed by atoms with van der Waals surface area (Å²) in [5.41, 5.74) is 1.31. The molecule has 0 amide bonds. The van der Waals surface area contributed by atoms with Crippen molar-refractivity contribution in [2.45, 2.75) is 6.16 Å². The molecule has 29 heavy (non-hydrogen) atoms. The Morgan fingerprint density at radius 3 is 1.31 bits per heavy atom. The SMILES string of the molecule is COc1ccc(CP(I)(c2ccccc2)(c2ccccc2)c2ccccc2)cc1. The summed E-state index contributed by atoms with van der Waals surface area (Å²) in [6, 6.07) is 41.6. The number of benzene rings is 4. The molecule has 0 atom stereocenters. The molecule has 0 saturated carbocycles. The van der Waals surface area contributed by atoms with Crippen molar-refractivity contribution in [3.8, 4) is 5.75 Å². The van der Waals surface area contributed by atoms with Gasteiger partial charge in [-0.3, -0.25) is 0 Å². The van der Waals surface area contributed by atoms with E-state index in [4.69, 9.17) is 4.74 Å². The quantitative estimate of drug-likeness (QED) is 0.226. The Bertz CT molecular complexity index is 965. The van der Waals surface area contributed by atoms with Crippen molar-refractivity contribution < 1.29 is 4.74 Å². The zero-order valence-corrected chi connectivity index (χ0v) is 19.5. The van der Waals surface area contributed by atoms with Crippen LogP contribution in [0.3, 0.4) is 0 Å². The number of hydrogen-bond acceptors (Lipinski definition) is 1. The molecule has 0 radical (unpaired) electrons. The first-order valence-electron chi connectivity index (χ1n) is 9.68. The molecule has 0 saturated heterocycles. The van der Waals surface area contributed by atoms with Crippen molar-refractivity contribution in [2.24, 2.45) is 0 Å². The van der Waals surface area contributed by atoms with E-state index in [0.717, 1.165) is 11.9 Å². The zero-order chi connectivity index (χ0) is 20.2. The van der Waals surface area contributed by atoms with E-state index in [1.807, 2.05) is 0 Å². The summed E-state index contributed by atoms with van der Waals surface area (Å²) in [6.07, 6.45) is 0.953. The minimum atomic E-state index is -2.78. The van der Waals surface area contributed by atoms with Crippen molar-refractivity contribution in [1.82, 2.24) is 0 Å². The van der Waals surface area contributed by atoms with Gasteiger partial charge < -0.3 is 0 Å². The molecule has 0 spiro atoms. The van der Waals surface area contributed by atoms with Gasteiger partial charge in [-0.2, -0.15) is 0 Å². The Labute approximate surface area is 186 Å². The number of rotatable bonds is 6. The van der Waals surface area contributed by atoms with Gasteiger partial charge in [0.05, 0.1) is 0 Å². The average Bonchev–Trinajstić information content (AvgIpc) is 2.81. The Balaban J connectivity index is 2.03. The Morgan fingerprint density at radius 1 is 0.586 bits per heavy atom. The molecule has 0 heterocycles. The summed E-state index contributed by atoms with van der Waals surface area (Å²) in [6.45, 7) is 0. The topological polar surface area (TPSA) is 9.23 Å². The van der Waals surface area contributed by atoms with Crippen molar-refractivity contribution in [1.29, 1.82) is 0 Å². The molecule has 0 unspecified atom stereocenters. The standard InChI is InChI=1S/C26H24IOP/c1-28-23-19-17-22(18-20-23)21-29(27,24-11-5-2-6-12-24,25-13-7-3-8-14-25)26-15-9-4-10-16-26/h2-20H,21H2,1H3. The van der Waals surface area contributed by atoms with Gasteiger partial charge in [-0.15, -0.1) is 0 Å². The molecular formula is C26H24IOP. The molecule has 0 aliphatic heterocycles. The van der Waals surface area contributed by atoms with E-state index in [1.165, 1.54) is 21.5 Å². The zero-order valence-electron chi connectivity index (χ0n) is 16.4. The fourth-order valence-electron chi connectivity index (χ4n) is 4.01. The van der Waals surface area contributed by atoms with Crippen LogP contribution in [0.1, 0.15) is 5.56 Å². The van der Waals surface area contributed by atoms with Gasteiger partial charge in [-0.05, 0) is 0 Å². The van der Waals surface area contributed by atoms with Gasteiger partial charge in [0.15, 0.2) is 0 Å². The van der Waals surface area contributed by atoms with Crippen LogP contribution in [0, 0.1) is 0 Å². The van der Waals surface area contributed by atoms with Crippen LogP contribution in [0.4, 0.5) is 0 Å². The first kappa shape index (κ1) is 20.1. The number of halogens is 1. The van der Waals surface area contributed by atoms with Gasteiger partial charge >= 0.3 is 187 Å². The second-order valence-electron chi connectivity index (χ2n) is 7.20. The Morgan fingerprint density at radius 2 is 0.966 bits per heavy atom. The first-order valence-corrected chi connectivity index (χ1v) is 14.9. The molecule has 0 N–H and O–H groups in total. The van der Waals surface area contributed by atoms with Crippen molar-refractivity contribution in [3.63, 3.8) is 0 Å². The van der Waals surface area contributed by atoms with Crippen LogP contribution >= 0.6 is 26.3 Å². The van der Waals surface area contributed by atoms with Gasteiger partial charge in [-0.25, -0.2) is 0 Å². The van der Waals surface area contributed by atoms with Crippen molar-refractivity contribution in [2.75, 3.05) is 7.11 Å². The van der Waals surface area contributed by atoms with Gasteiger partial charge in [0.25, 0.3) is 0 Å². The number of ether oxygens (including phenoxy) is 1. The summed E-state index contributed by atoms with van der Waals surface area (Å²) in [5, 5.41) is 4.19. The second-order valence-corrected chi connectivity index (χ2v) is 17.8. The van der Waals surface area contributed by atoms with Crippen LogP contribution in [0.25, 0.3) is 0 Å². The second kappa shape index (κ2) is 8.30. The van der Waals surface area contributed by atoms with Crippen LogP contribution in [0.2, 0.25) is 0 Å². The molecule has 146 valence electrons. The normalized spacial score (nSPS) is 12.7. The summed E-state index contributed by atoms with van der Waals surface area (Å²) < 4.78 is 2.61. The average molecular weight is 510 g/mol. The van der Waals surface area contributed by atoms with Gasteiger partial charge in [0.1, 0.15) is 0 Å². The van der Waals surface area contributed by atoms with E-state index in [1.54, 1.807) is 7.11 Å². The molecule has 0 aliphatic rings. The fourth-order valence-corrected chi connectivity index (χ4v) is 12.8. The Kier molecular flexibility index (Phi) is 5.76. The first-order chi connectivity index (χ1) is 14.1. The molecule has 0 fully saturated rings. The molecular weight excluding hydrogens is 486 g/mol. The van der Waals surface area contributed by atoms with Gasteiger partial charge in [0, 0.05) is 0 Å². The summed E-state index contributed by atoms with van der Waals surface area (Å²) in [7, 11) is 1.71. The van der Waals surface area contributed by atoms with E-state index in [9.17, 15) is 0 Å². The van der Waals surface area contributed by atoms with Gasteiger partial charge in [0.2, 0.25) is 0 Å². The molecule has 4 aromatic carbocycles. The van der Waals surface area contributed by atoms with Crippen LogP contribution in [-0.2, 0) is 6.16 Å². The van der Waals surface area contributed by atoms with Crippen LogP contribution in [-0.4, -0.2) is 7.11 Å². The van der Waals surface area contributed by atoms with Crippen LogP contribution < -0.4 is 20.7 Å². The predicted octanol–water partition coefficient (Wildman–Crippen LogP) is 6.08. The van der Waals surface area contributed by atoms with Crippen LogP contribution in [0.15, 0.2) is 115 Å². The molecule has 4 rings (SSSR count). The molecule has 4 aromatic rings. The van der Waals surface area contributed by atoms with Crippen molar-refractivity contribution in [3.05, 3.63) is 121 Å². The third-order valence-corrected chi connectivity index (χ3v) is 16.6. The van der Waals surface area contributed by atoms with E-state index >= 15 is 0 Å². The third-order valence-electron chi connectivity index (χ3n) is 5.52. The number of hydrogen-bond donors (Lipinski definition) is 0. The van der Waals surface area contributed by atoms with Crippen molar-refractivity contribution >= 4 is 42.2 Å². The molecule has 0 bridgehead atoms. The molecule has 3 heteroatoms. The van der Waals surface area contributed by atoms with E-state index in [-0.39, 0.29) is 0 Å². The summed E-state index contributed by atoms with van der Waals surface area (Å²) >= 11 is 2.83. The Hall–Kier alpha value is -2.16. The molecule has 0 aromatic heterocycles. The maximum atomic E-state index is 5.39. The van der Waals surface area contributed by atoms with E-state index in [2.05, 4.69) is 137 Å². The van der Waals surface area contributed by atoms with E-state index in [0.29, 0.717) is 0 Å². The van der Waals surface area contributed by atoms with E-state index < -0.39 is 4.25 Å². The fraction of sp³-hybridized carbons (Fsp3) is 0.0769. The third kappa shape index (κ3) is 3.60. The summed E-state index contributed by atoms with van der Waals surface area (Å²) in [5.74, 6) is 0.890. The van der Waals surface area contributed by atoms with Crippen LogP contribution in [0.5, 0.6) is 5.75 Å². The minimum absolute atomic E-state index is 0.890. The summed E-state index contributed by atoms with van der Waals surface area (Å²) in [4.78, 5) is 0.